The third-order valence-electron chi connectivity index (χ3n) is 8.76. The van der Waals surface area contributed by atoms with Crippen molar-refractivity contribution >= 4 is 45.4 Å². The molecule has 3 aromatic carbocycles. The SMILES string of the molecule is CCCC[C@@H](CC(N)=O)N(CCCC)C(=O)[C@H](CCCC(=O)OC)NC(=O)c1cn(Cc2cccc3ccccc23)c2ccccc12. The predicted octanol–water partition coefficient (Wildman–Crippen LogP) is 6.35. The number of rotatable bonds is 18. The minimum atomic E-state index is -0.902. The lowest BCUT2D eigenvalue weighted by atomic mass is 10.0. The molecule has 9 heteroatoms. The van der Waals surface area contributed by atoms with Crippen LogP contribution in [0.25, 0.3) is 21.7 Å². The highest BCUT2D eigenvalue weighted by molar-refractivity contribution is 6.08. The van der Waals surface area contributed by atoms with Gasteiger partial charge in [-0.15, -0.1) is 0 Å². The zero-order valence-corrected chi connectivity index (χ0v) is 27.9. The third-order valence-corrected chi connectivity index (χ3v) is 8.76. The number of carbonyl (C=O) groups excluding carboxylic acids is 4. The minimum Gasteiger partial charge on any atom is -0.469 e. The molecule has 47 heavy (non-hydrogen) atoms. The second kappa shape index (κ2) is 17.3. The van der Waals surface area contributed by atoms with Gasteiger partial charge in [-0.25, -0.2) is 0 Å². The average Bonchev–Trinajstić information content (AvgIpc) is 3.44. The Morgan fingerprint density at radius 3 is 2.30 bits per heavy atom. The number of hydrogen-bond acceptors (Lipinski definition) is 5. The van der Waals surface area contributed by atoms with Gasteiger partial charge in [-0.05, 0) is 48.1 Å². The first-order chi connectivity index (χ1) is 22.8. The van der Waals surface area contributed by atoms with E-state index in [2.05, 4.69) is 41.1 Å². The fourth-order valence-corrected chi connectivity index (χ4v) is 6.26. The monoisotopic (exact) mass is 640 g/mol. The lowest BCUT2D eigenvalue weighted by Crippen LogP contribution is -2.53. The number of fused-ring (bicyclic) bond motifs is 2. The summed E-state index contributed by atoms with van der Waals surface area (Å²) >= 11 is 0. The summed E-state index contributed by atoms with van der Waals surface area (Å²) in [5.41, 5.74) is 8.14. The second-order valence-electron chi connectivity index (χ2n) is 12.2. The number of carbonyl (C=O) groups is 4. The highest BCUT2D eigenvalue weighted by atomic mass is 16.5. The van der Waals surface area contributed by atoms with Gasteiger partial charge in [0, 0.05) is 49.1 Å². The molecule has 4 aromatic rings. The molecule has 0 bridgehead atoms. The van der Waals surface area contributed by atoms with Crippen LogP contribution >= 0.6 is 0 Å². The number of ether oxygens (including phenoxy) is 1. The topological polar surface area (TPSA) is 124 Å². The highest BCUT2D eigenvalue weighted by Crippen LogP contribution is 2.26. The van der Waals surface area contributed by atoms with Crippen molar-refractivity contribution in [2.75, 3.05) is 13.7 Å². The summed E-state index contributed by atoms with van der Waals surface area (Å²) in [6.07, 6.45) is 6.61. The molecule has 0 aliphatic carbocycles. The van der Waals surface area contributed by atoms with Gasteiger partial charge < -0.3 is 25.3 Å². The molecule has 0 saturated heterocycles. The largest absolute Gasteiger partial charge is 0.469 e. The van der Waals surface area contributed by atoms with Gasteiger partial charge in [0.2, 0.25) is 11.8 Å². The van der Waals surface area contributed by atoms with Gasteiger partial charge in [-0.3, -0.25) is 19.2 Å². The first kappa shape index (κ1) is 35.2. The van der Waals surface area contributed by atoms with Crippen LogP contribution in [0, 0.1) is 0 Å². The van der Waals surface area contributed by atoms with Crippen LogP contribution in [0.15, 0.2) is 72.9 Å². The highest BCUT2D eigenvalue weighted by Gasteiger charge is 2.32. The van der Waals surface area contributed by atoms with E-state index in [0.29, 0.717) is 31.5 Å². The van der Waals surface area contributed by atoms with Gasteiger partial charge in [0.1, 0.15) is 6.04 Å². The lowest BCUT2D eigenvalue weighted by molar-refractivity contribution is -0.141. The number of nitrogens with zero attached hydrogens (tertiary/aromatic N) is 2. The maximum absolute atomic E-state index is 14.3. The summed E-state index contributed by atoms with van der Waals surface area (Å²) in [4.78, 5) is 54.2. The van der Waals surface area contributed by atoms with Crippen molar-refractivity contribution in [3.8, 4) is 0 Å². The Hall–Kier alpha value is -4.66. The first-order valence-corrected chi connectivity index (χ1v) is 16.8. The summed E-state index contributed by atoms with van der Waals surface area (Å²) in [5.74, 6) is -1.48. The first-order valence-electron chi connectivity index (χ1n) is 16.8. The quantitative estimate of drug-likeness (QED) is 0.123. The third kappa shape index (κ3) is 9.21. The summed E-state index contributed by atoms with van der Waals surface area (Å²) in [6, 6.07) is 20.9. The second-order valence-corrected chi connectivity index (χ2v) is 12.2. The van der Waals surface area contributed by atoms with E-state index in [4.69, 9.17) is 10.5 Å². The van der Waals surface area contributed by atoms with Crippen LogP contribution in [0.5, 0.6) is 0 Å². The molecule has 3 amide bonds. The molecule has 0 aliphatic heterocycles. The molecule has 9 nitrogen and oxygen atoms in total. The van der Waals surface area contributed by atoms with Gasteiger partial charge in [-0.1, -0.05) is 93.8 Å². The van der Waals surface area contributed by atoms with Crippen LogP contribution in [-0.4, -0.2) is 58.9 Å². The predicted molar refractivity (Wildman–Crippen MR) is 186 cm³/mol. The Bertz CT molecular complexity index is 1670. The molecule has 1 heterocycles. The van der Waals surface area contributed by atoms with Crippen molar-refractivity contribution in [2.45, 2.75) is 90.3 Å². The van der Waals surface area contributed by atoms with Gasteiger partial charge in [0.15, 0.2) is 0 Å². The van der Waals surface area contributed by atoms with Crippen LogP contribution in [-0.2, 0) is 25.7 Å². The van der Waals surface area contributed by atoms with E-state index in [1.165, 1.54) is 7.11 Å². The molecule has 0 fully saturated rings. The van der Waals surface area contributed by atoms with E-state index >= 15 is 0 Å². The van der Waals surface area contributed by atoms with Crippen molar-refractivity contribution in [3.05, 3.63) is 84.1 Å². The molecule has 4 rings (SSSR count). The van der Waals surface area contributed by atoms with Gasteiger partial charge in [0.05, 0.1) is 12.7 Å². The number of primary amides is 1. The fourth-order valence-electron chi connectivity index (χ4n) is 6.26. The van der Waals surface area contributed by atoms with Crippen LogP contribution in [0.2, 0.25) is 0 Å². The van der Waals surface area contributed by atoms with E-state index in [-0.39, 0.29) is 43.1 Å². The van der Waals surface area contributed by atoms with Gasteiger partial charge in [0.25, 0.3) is 5.91 Å². The number of aromatic nitrogens is 1. The molecule has 0 radical (unpaired) electrons. The summed E-state index contributed by atoms with van der Waals surface area (Å²) in [7, 11) is 1.33. The number of para-hydroxylation sites is 1. The maximum Gasteiger partial charge on any atom is 0.305 e. The molecular formula is C38H48N4O5. The Morgan fingerprint density at radius 1 is 0.872 bits per heavy atom. The van der Waals surface area contributed by atoms with Crippen LogP contribution < -0.4 is 11.1 Å². The summed E-state index contributed by atoms with van der Waals surface area (Å²) in [6.45, 7) is 5.12. The normalized spacial score (nSPS) is 12.5. The number of hydrogen-bond donors (Lipinski definition) is 2. The Kier molecular flexibility index (Phi) is 13.0. The van der Waals surface area contributed by atoms with E-state index in [1.807, 2.05) is 55.6 Å². The Balaban J connectivity index is 1.67. The molecular weight excluding hydrogens is 592 g/mol. The molecule has 2 atom stereocenters. The smallest absolute Gasteiger partial charge is 0.305 e. The van der Waals surface area contributed by atoms with Gasteiger partial charge in [-0.2, -0.15) is 0 Å². The Morgan fingerprint density at radius 2 is 1.57 bits per heavy atom. The molecule has 0 spiro atoms. The maximum atomic E-state index is 14.3. The zero-order valence-electron chi connectivity index (χ0n) is 27.9. The van der Waals surface area contributed by atoms with Crippen molar-refractivity contribution in [1.29, 1.82) is 0 Å². The Labute approximate surface area is 277 Å². The fraction of sp³-hybridized carbons (Fsp3) is 0.421. The molecule has 0 aliphatic rings. The van der Waals surface area contributed by atoms with Crippen molar-refractivity contribution < 1.29 is 23.9 Å². The standard InChI is InChI=1S/C38H48N4O5/c1-4-6-17-29(24-35(39)43)42(23-7-5-2)38(46)33(20-13-22-36(44)47-3)40-37(45)32-26-41(34-21-11-10-19-31(32)34)25-28-16-12-15-27-14-8-9-18-30(27)28/h8-12,14-16,18-19,21,26,29,33H,4-7,13,17,20,22-25H2,1-3H3,(H2,39,43)(H,40,45)/t29-,33-/m0/s1. The van der Waals surface area contributed by atoms with E-state index in [1.54, 1.807) is 4.90 Å². The molecule has 250 valence electrons. The van der Waals surface area contributed by atoms with E-state index in [9.17, 15) is 19.2 Å². The minimum absolute atomic E-state index is 0.0555. The number of amides is 3. The number of methoxy groups -OCH3 is 1. The van der Waals surface area contributed by atoms with Crippen LogP contribution in [0.4, 0.5) is 0 Å². The molecule has 1 aromatic heterocycles. The number of benzene rings is 3. The van der Waals surface area contributed by atoms with Gasteiger partial charge >= 0.3 is 5.97 Å². The van der Waals surface area contributed by atoms with E-state index < -0.39 is 11.9 Å². The lowest BCUT2D eigenvalue weighted by Gasteiger charge is -2.34. The number of unbranched alkanes of at least 4 members (excludes halogenated alkanes) is 2. The zero-order chi connectivity index (χ0) is 33.8. The summed E-state index contributed by atoms with van der Waals surface area (Å²) < 4.78 is 6.89. The number of nitrogens with one attached hydrogen (secondary N) is 1. The number of esters is 1. The van der Waals surface area contributed by atoms with E-state index in [0.717, 1.165) is 52.9 Å². The average molecular weight is 641 g/mol. The van der Waals surface area contributed by atoms with Crippen molar-refractivity contribution in [2.24, 2.45) is 5.73 Å². The van der Waals surface area contributed by atoms with Crippen molar-refractivity contribution in [1.82, 2.24) is 14.8 Å². The van der Waals surface area contributed by atoms with Crippen LogP contribution in [0.1, 0.15) is 87.6 Å². The number of nitrogens with two attached hydrogens (primary N) is 1. The summed E-state index contributed by atoms with van der Waals surface area (Å²) in [5, 5.41) is 6.11. The molecule has 3 N–H and O–H groups in total. The molecule has 0 unspecified atom stereocenters. The van der Waals surface area contributed by atoms with Crippen molar-refractivity contribution in [3.63, 3.8) is 0 Å². The molecule has 0 saturated carbocycles. The van der Waals surface area contributed by atoms with Crippen LogP contribution in [0.3, 0.4) is 0 Å².